The average molecular weight is 511 g/mol. The fourth-order valence-corrected chi connectivity index (χ4v) is 4.42. The molecule has 3 aromatic rings. The Morgan fingerprint density at radius 2 is 1.83 bits per heavy atom. The molecule has 0 atom stereocenters. The molecule has 3 heterocycles. The minimum absolute atomic E-state index is 0.187. The molecule has 1 N–H and O–H groups in total. The van der Waals surface area contributed by atoms with Gasteiger partial charge in [-0.3, -0.25) is 4.90 Å². The minimum Gasteiger partial charge on any atom is -0.461 e. The van der Waals surface area contributed by atoms with Gasteiger partial charge in [-0.25, -0.2) is 24.5 Å². The van der Waals surface area contributed by atoms with Gasteiger partial charge in [0, 0.05) is 38.8 Å². The van der Waals surface area contributed by atoms with Gasteiger partial charge in [-0.15, -0.1) is 0 Å². The van der Waals surface area contributed by atoms with Crippen LogP contribution in [0.2, 0.25) is 0 Å². The molecule has 1 aromatic carbocycles. The fraction of sp³-hybridized carbons (Fsp3) is 0.400. The average Bonchev–Trinajstić information content (AvgIpc) is 3.33. The van der Waals surface area contributed by atoms with Gasteiger partial charge >= 0.3 is 11.9 Å². The summed E-state index contributed by atoms with van der Waals surface area (Å²) in [5, 5.41) is 3.74. The van der Waals surface area contributed by atoms with Crippen molar-refractivity contribution in [1.82, 2.24) is 19.9 Å². The molecule has 10 nitrogen and oxygen atoms in total. The number of aromatic nitrogens is 3. The predicted octanol–water partition coefficient (Wildman–Crippen LogP) is 3.53. The number of carbonyl (C=O) groups is 2. The van der Waals surface area contributed by atoms with Crippen molar-refractivity contribution in [2.45, 2.75) is 26.9 Å². The Morgan fingerprint density at radius 1 is 1.08 bits per heavy atom. The molecule has 1 aliphatic heterocycles. The number of aryl methyl sites for hydroxylation is 1. The third kappa shape index (κ3) is 6.98. The molecule has 2 aromatic heterocycles. The molecule has 190 valence electrons. The largest absolute Gasteiger partial charge is 0.461 e. The van der Waals surface area contributed by atoms with E-state index in [1.54, 1.807) is 12.1 Å². The van der Waals surface area contributed by atoms with Crippen LogP contribution in [0.15, 0.2) is 42.6 Å². The van der Waals surface area contributed by atoms with Crippen LogP contribution in [0.3, 0.4) is 0 Å². The Morgan fingerprint density at radius 3 is 2.56 bits per heavy atom. The van der Waals surface area contributed by atoms with E-state index in [4.69, 9.17) is 9.47 Å². The summed E-state index contributed by atoms with van der Waals surface area (Å²) in [5.74, 6) is 1.40. The van der Waals surface area contributed by atoms with Gasteiger partial charge in [-0.1, -0.05) is 29.5 Å². The number of thiazole rings is 1. The number of piperazine rings is 1. The molecule has 0 amide bonds. The summed E-state index contributed by atoms with van der Waals surface area (Å²) in [6, 6.07) is 10.9. The number of benzene rings is 1. The molecule has 0 unspecified atom stereocenters. The third-order valence-electron chi connectivity index (χ3n) is 5.46. The summed E-state index contributed by atoms with van der Waals surface area (Å²) >= 11 is 1.22. The molecule has 1 fully saturated rings. The number of carbonyl (C=O) groups excluding carboxylic acids is 2. The van der Waals surface area contributed by atoms with Gasteiger partial charge in [-0.05, 0) is 32.9 Å². The molecule has 0 aliphatic carbocycles. The van der Waals surface area contributed by atoms with Crippen LogP contribution in [0, 0.1) is 6.92 Å². The summed E-state index contributed by atoms with van der Waals surface area (Å²) in [7, 11) is 0. The molecule has 0 saturated carbocycles. The monoisotopic (exact) mass is 510 g/mol. The molecule has 1 aliphatic rings. The zero-order valence-corrected chi connectivity index (χ0v) is 21.5. The standard InChI is InChI=1S/C25H30N6O4S/c1-17(2)35-24(33)20-16-26-25(36-20)29-21-15-22(28-18(3)27-21)31-11-9-30(10-12-31)13-14-34-23(32)19-7-5-4-6-8-19/h4-8,15-17H,9-14H2,1-3H3,(H,26,27,28,29). The number of nitrogens with zero attached hydrogens (tertiary/aromatic N) is 5. The lowest BCUT2D eigenvalue weighted by Gasteiger charge is -2.35. The summed E-state index contributed by atoms with van der Waals surface area (Å²) in [6.45, 7) is 9.77. The van der Waals surface area contributed by atoms with Gasteiger partial charge in [0.2, 0.25) is 0 Å². The van der Waals surface area contributed by atoms with Crippen molar-refractivity contribution < 1.29 is 19.1 Å². The predicted molar refractivity (Wildman–Crippen MR) is 138 cm³/mol. The second kappa shape index (κ2) is 11.9. The number of esters is 2. The van der Waals surface area contributed by atoms with E-state index in [9.17, 15) is 9.59 Å². The number of hydrogen-bond acceptors (Lipinski definition) is 11. The number of rotatable bonds is 9. The van der Waals surface area contributed by atoms with Crippen molar-refractivity contribution in [3.63, 3.8) is 0 Å². The van der Waals surface area contributed by atoms with E-state index in [-0.39, 0.29) is 18.0 Å². The first-order chi connectivity index (χ1) is 17.4. The van der Waals surface area contributed by atoms with Gasteiger partial charge in [0.05, 0.1) is 17.9 Å². The first kappa shape index (κ1) is 25.5. The maximum absolute atomic E-state index is 12.1. The molecular weight excluding hydrogens is 480 g/mol. The highest BCUT2D eigenvalue weighted by Gasteiger charge is 2.20. The van der Waals surface area contributed by atoms with Gasteiger partial charge in [-0.2, -0.15) is 0 Å². The fourth-order valence-electron chi connectivity index (χ4n) is 3.71. The smallest absolute Gasteiger partial charge is 0.350 e. The van der Waals surface area contributed by atoms with Crippen LogP contribution in [0.5, 0.6) is 0 Å². The highest BCUT2D eigenvalue weighted by molar-refractivity contribution is 7.17. The Hall–Kier alpha value is -3.57. The summed E-state index contributed by atoms with van der Waals surface area (Å²) in [6.07, 6.45) is 1.32. The van der Waals surface area contributed by atoms with Crippen LogP contribution >= 0.6 is 11.3 Å². The van der Waals surface area contributed by atoms with Crippen molar-refractivity contribution in [2.75, 3.05) is 49.5 Å². The van der Waals surface area contributed by atoms with Crippen LogP contribution in [-0.4, -0.2) is 77.2 Å². The third-order valence-corrected chi connectivity index (χ3v) is 6.35. The second-order valence-electron chi connectivity index (χ2n) is 8.60. The molecule has 0 spiro atoms. The lowest BCUT2D eigenvalue weighted by molar-refractivity contribution is 0.0382. The van der Waals surface area contributed by atoms with E-state index in [2.05, 4.69) is 30.1 Å². The molecule has 0 bridgehead atoms. The van der Waals surface area contributed by atoms with Crippen molar-refractivity contribution in [3.05, 3.63) is 58.9 Å². The normalized spacial score (nSPS) is 14.1. The van der Waals surface area contributed by atoms with Crippen molar-refractivity contribution >= 4 is 40.0 Å². The molecular formula is C25H30N6O4S. The number of ether oxygens (including phenoxy) is 2. The van der Waals surface area contributed by atoms with Gasteiger partial charge in [0.1, 0.15) is 28.9 Å². The van der Waals surface area contributed by atoms with E-state index in [0.717, 1.165) is 32.0 Å². The highest BCUT2D eigenvalue weighted by atomic mass is 32.1. The van der Waals surface area contributed by atoms with Crippen LogP contribution in [0.4, 0.5) is 16.8 Å². The summed E-state index contributed by atoms with van der Waals surface area (Å²) in [4.78, 5) is 42.4. The van der Waals surface area contributed by atoms with E-state index >= 15 is 0 Å². The molecule has 1 saturated heterocycles. The Kier molecular flexibility index (Phi) is 8.44. The maximum Gasteiger partial charge on any atom is 0.350 e. The quantitative estimate of drug-likeness (QED) is 0.429. The summed E-state index contributed by atoms with van der Waals surface area (Å²) < 4.78 is 10.6. The van der Waals surface area contributed by atoms with Crippen LogP contribution in [0.1, 0.15) is 39.7 Å². The van der Waals surface area contributed by atoms with Crippen LogP contribution in [-0.2, 0) is 9.47 Å². The molecule has 0 radical (unpaired) electrons. The summed E-state index contributed by atoms with van der Waals surface area (Å²) in [5.41, 5.74) is 0.565. The maximum atomic E-state index is 12.1. The van der Waals surface area contributed by atoms with Crippen molar-refractivity contribution in [2.24, 2.45) is 0 Å². The zero-order chi connectivity index (χ0) is 25.5. The first-order valence-corrected chi connectivity index (χ1v) is 12.7. The Labute approximate surface area is 214 Å². The zero-order valence-electron chi connectivity index (χ0n) is 20.6. The highest BCUT2D eigenvalue weighted by Crippen LogP contribution is 2.25. The molecule has 36 heavy (non-hydrogen) atoms. The first-order valence-electron chi connectivity index (χ1n) is 11.9. The van der Waals surface area contributed by atoms with E-state index in [1.165, 1.54) is 17.5 Å². The van der Waals surface area contributed by atoms with E-state index in [1.807, 2.05) is 45.0 Å². The number of hydrogen-bond donors (Lipinski definition) is 1. The Balaban J connectivity index is 1.28. The second-order valence-corrected chi connectivity index (χ2v) is 9.63. The van der Waals surface area contributed by atoms with Crippen LogP contribution in [0.25, 0.3) is 0 Å². The van der Waals surface area contributed by atoms with Gasteiger partial charge in [0.15, 0.2) is 5.13 Å². The topological polar surface area (TPSA) is 110 Å². The molecule has 4 rings (SSSR count). The van der Waals surface area contributed by atoms with Crippen molar-refractivity contribution in [3.8, 4) is 0 Å². The molecule has 11 heteroatoms. The van der Waals surface area contributed by atoms with Crippen molar-refractivity contribution in [1.29, 1.82) is 0 Å². The van der Waals surface area contributed by atoms with E-state index in [0.29, 0.717) is 40.4 Å². The lowest BCUT2D eigenvalue weighted by Crippen LogP contribution is -2.47. The lowest BCUT2D eigenvalue weighted by atomic mass is 10.2. The number of anilines is 3. The minimum atomic E-state index is -0.386. The van der Waals surface area contributed by atoms with E-state index < -0.39 is 0 Å². The van der Waals surface area contributed by atoms with Crippen LogP contribution < -0.4 is 10.2 Å². The Bertz CT molecular complexity index is 1180. The SMILES string of the molecule is Cc1nc(Nc2ncc(C(=O)OC(C)C)s2)cc(N2CCN(CCOC(=O)c3ccccc3)CC2)n1. The number of nitrogens with one attached hydrogen (secondary N) is 1. The van der Waals surface area contributed by atoms with Gasteiger partial charge < -0.3 is 19.7 Å². The van der Waals surface area contributed by atoms with Gasteiger partial charge in [0.25, 0.3) is 0 Å².